The van der Waals surface area contributed by atoms with E-state index in [9.17, 15) is 18.0 Å². The summed E-state index contributed by atoms with van der Waals surface area (Å²) >= 11 is 0. The molecule has 0 saturated carbocycles. The number of aromatic nitrogens is 3. The molecule has 2 heterocycles. The van der Waals surface area contributed by atoms with E-state index in [-0.39, 0.29) is 18.4 Å². The highest BCUT2D eigenvalue weighted by atomic mass is 19.4. The number of amides is 1. The third kappa shape index (κ3) is 2.95. The summed E-state index contributed by atoms with van der Waals surface area (Å²) in [7, 11) is 0. The molecule has 2 aromatic rings. The molecule has 22 heavy (non-hydrogen) atoms. The number of hydrogen-bond donors (Lipinski definition) is 0. The van der Waals surface area contributed by atoms with Crippen LogP contribution in [0.25, 0.3) is 0 Å². The van der Waals surface area contributed by atoms with Crippen molar-refractivity contribution in [1.82, 2.24) is 19.9 Å². The largest absolute Gasteiger partial charge is 0.416 e. The van der Waals surface area contributed by atoms with Crippen LogP contribution in [0.15, 0.2) is 36.7 Å². The lowest BCUT2D eigenvalue weighted by Gasteiger charge is -2.39. The van der Waals surface area contributed by atoms with Crippen LogP contribution < -0.4 is 0 Å². The van der Waals surface area contributed by atoms with E-state index < -0.39 is 11.7 Å². The third-order valence-electron chi connectivity index (χ3n) is 3.64. The molecule has 0 bridgehead atoms. The molecule has 1 aliphatic rings. The zero-order chi connectivity index (χ0) is 15.7. The van der Waals surface area contributed by atoms with Crippen molar-refractivity contribution in [2.75, 3.05) is 13.1 Å². The number of halogens is 3. The molecule has 0 N–H and O–H groups in total. The van der Waals surface area contributed by atoms with Crippen molar-refractivity contribution in [1.29, 1.82) is 0 Å². The first kappa shape index (κ1) is 14.6. The van der Waals surface area contributed by atoms with Crippen LogP contribution in [-0.4, -0.2) is 38.9 Å². The first-order chi connectivity index (χ1) is 10.4. The Hall–Kier alpha value is -2.38. The first-order valence-electron chi connectivity index (χ1n) is 6.73. The van der Waals surface area contributed by atoms with E-state index in [1.165, 1.54) is 12.1 Å². The van der Waals surface area contributed by atoms with Crippen LogP contribution in [-0.2, 0) is 17.4 Å². The lowest BCUT2D eigenvalue weighted by molar-refractivity contribution is -0.138. The van der Waals surface area contributed by atoms with Gasteiger partial charge < -0.3 is 4.90 Å². The molecule has 0 atom stereocenters. The maximum absolute atomic E-state index is 12.6. The van der Waals surface area contributed by atoms with E-state index in [2.05, 4.69) is 10.3 Å². The van der Waals surface area contributed by atoms with E-state index in [0.29, 0.717) is 18.7 Å². The molecule has 0 aliphatic carbocycles. The maximum Gasteiger partial charge on any atom is 0.416 e. The number of likely N-dealkylation sites (tertiary alicyclic amines) is 1. The first-order valence-corrected chi connectivity index (χ1v) is 6.73. The van der Waals surface area contributed by atoms with Gasteiger partial charge >= 0.3 is 6.18 Å². The molecular weight excluding hydrogens is 297 g/mol. The molecule has 1 saturated heterocycles. The van der Waals surface area contributed by atoms with Gasteiger partial charge in [0, 0.05) is 19.3 Å². The number of alkyl halides is 3. The maximum atomic E-state index is 12.6. The van der Waals surface area contributed by atoms with Gasteiger partial charge in [0.15, 0.2) is 0 Å². The van der Waals surface area contributed by atoms with Gasteiger partial charge in [-0.3, -0.25) is 4.79 Å². The lowest BCUT2D eigenvalue weighted by atomic mass is 10.0. The fourth-order valence-corrected chi connectivity index (χ4v) is 2.38. The molecule has 0 radical (unpaired) electrons. The minimum Gasteiger partial charge on any atom is -0.338 e. The number of carbonyl (C=O) groups is 1. The second kappa shape index (κ2) is 5.43. The number of benzene rings is 1. The fraction of sp³-hybridized carbons (Fsp3) is 0.357. The summed E-state index contributed by atoms with van der Waals surface area (Å²) in [5, 5.41) is 7.56. The lowest BCUT2D eigenvalue weighted by Crippen LogP contribution is -2.51. The highest BCUT2D eigenvalue weighted by molar-refractivity contribution is 5.79. The Morgan fingerprint density at radius 1 is 1.32 bits per heavy atom. The number of rotatable bonds is 3. The Labute approximate surface area is 124 Å². The van der Waals surface area contributed by atoms with E-state index in [1.54, 1.807) is 22.0 Å². The Morgan fingerprint density at radius 2 is 2.09 bits per heavy atom. The van der Waals surface area contributed by atoms with Crippen LogP contribution in [0, 0.1) is 0 Å². The van der Waals surface area contributed by atoms with E-state index in [0.717, 1.165) is 12.1 Å². The highest BCUT2D eigenvalue weighted by Gasteiger charge is 2.33. The number of hydrogen-bond acceptors (Lipinski definition) is 3. The second-order valence-electron chi connectivity index (χ2n) is 5.21. The van der Waals surface area contributed by atoms with Gasteiger partial charge in [-0.2, -0.15) is 13.2 Å². The van der Waals surface area contributed by atoms with Gasteiger partial charge in [0.05, 0.1) is 24.2 Å². The third-order valence-corrected chi connectivity index (χ3v) is 3.64. The second-order valence-corrected chi connectivity index (χ2v) is 5.21. The molecule has 1 aliphatic heterocycles. The van der Waals surface area contributed by atoms with Gasteiger partial charge in [-0.1, -0.05) is 23.4 Å². The predicted molar refractivity (Wildman–Crippen MR) is 70.8 cm³/mol. The van der Waals surface area contributed by atoms with E-state index in [4.69, 9.17) is 0 Å². The molecule has 1 fully saturated rings. The number of nitrogens with zero attached hydrogens (tertiary/aromatic N) is 4. The highest BCUT2D eigenvalue weighted by Crippen LogP contribution is 2.30. The zero-order valence-electron chi connectivity index (χ0n) is 11.5. The van der Waals surface area contributed by atoms with Crippen LogP contribution in [0.3, 0.4) is 0 Å². The monoisotopic (exact) mass is 310 g/mol. The van der Waals surface area contributed by atoms with Gasteiger partial charge in [-0.25, -0.2) is 4.68 Å². The van der Waals surface area contributed by atoms with Gasteiger partial charge in [0.2, 0.25) is 5.91 Å². The van der Waals surface area contributed by atoms with Crippen molar-refractivity contribution in [3.8, 4) is 0 Å². The van der Waals surface area contributed by atoms with E-state index in [1.807, 2.05) is 0 Å². The average molecular weight is 310 g/mol. The van der Waals surface area contributed by atoms with Crippen molar-refractivity contribution in [2.45, 2.75) is 18.6 Å². The summed E-state index contributed by atoms with van der Waals surface area (Å²) in [6.45, 7) is 1.00. The molecule has 0 spiro atoms. The van der Waals surface area contributed by atoms with Crippen molar-refractivity contribution in [2.24, 2.45) is 0 Å². The molecule has 1 aromatic carbocycles. The fourth-order valence-electron chi connectivity index (χ4n) is 2.38. The SMILES string of the molecule is O=C(Cc1cccc(C(F)(F)F)c1)N1CC(n2ccnn2)C1. The Bertz CT molecular complexity index is 663. The van der Waals surface area contributed by atoms with Crippen LogP contribution in [0.2, 0.25) is 0 Å². The summed E-state index contributed by atoms with van der Waals surface area (Å²) in [6.07, 6.45) is -1.14. The van der Waals surface area contributed by atoms with Gasteiger partial charge in [-0.05, 0) is 11.6 Å². The van der Waals surface area contributed by atoms with Crippen molar-refractivity contribution < 1.29 is 18.0 Å². The molecule has 1 aromatic heterocycles. The summed E-state index contributed by atoms with van der Waals surface area (Å²) in [5.74, 6) is -0.185. The van der Waals surface area contributed by atoms with Crippen molar-refractivity contribution >= 4 is 5.91 Å². The van der Waals surface area contributed by atoms with Crippen LogP contribution in [0.1, 0.15) is 17.2 Å². The summed E-state index contributed by atoms with van der Waals surface area (Å²) in [4.78, 5) is 13.7. The summed E-state index contributed by atoms with van der Waals surface area (Å²) in [6, 6.07) is 4.96. The quantitative estimate of drug-likeness (QED) is 0.870. The molecular formula is C14H13F3N4O. The average Bonchev–Trinajstić information content (AvgIpc) is 2.90. The zero-order valence-corrected chi connectivity index (χ0v) is 11.5. The van der Waals surface area contributed by atoms with Crippen LogP contribution in [0.4, 0.5) is 13.2 Å². The van der Waals surface area contributed by atoms with Crippen molar-refractivity contribution in [3.05, 3.63) is 47.8 Å². The molecule has 5 nitrogen and oxygen atoms in total. The van der Waals surface area contributed by atoms with Crippen molar-refractivity contribution in [3.63, 3.8) is 0 Å². The Kier molecular flexibility index (Phi) is 3.59. The van der Waals surface area contributed by atoms with Gasteiger partial charge in [-0.15, -0.1) is 5.10 Å². The van der Waals surface area contributed by atoms with Crippen LogP contribution in [0.5, 0.6) is 0 Å². The smallest absolute Gasteiger partial charge is 0.338 e. The van der Waals surface area contributed by atoms with E-state index >= 15 is 0 Å². The standard InChI is InChI=1S/C14H13F3N4O/c15-14(16,17)11-3-1-2-10(6-11)7-13(22)20-8-12(9-20)21-5-4-18-19-21/h1-6,12H,7-9H2. The van der Waals surface area contributed by atoms with Gasteiger partial charge in [0.25, 0.3) is 0 Å². The predicted octanol–water partition coefficient (Wildman–Crippen LogP) is 1.92. The Balaban J connectivity index is 1.59. The molecule has 1 amide bonds. The van der Waals surface area contributed by atoms with Crippen LogP contribution >= 0.6 is 0 Å². The molecule has 0 unspecified atom stereocenters. The molecule has 8 heteroatoms. The number of carbonyl (C=O) groups excluding carboxylic acids is 1. The minimum absolute atomic E-state index is 0.0337. The summed E-state index contributed by atoms with van der Waals surface area (Å²) < 4.78 is 39.6. The topological polar surface area (TPSA) is 51.0 Å². The Morgan fingerprint density at radius 3 is 2.73 bits per heavy atom. The van der Waals surface area contributed by atoms with Gasteiger partial charge in [0.1, 0.15) is 0 Å². The minimum atomic E-state index is -4.39. The summed E-state index contributed by atoms with van der Waals surface area (Å²) in [5.41, 5.74) is -0.370. The normalized spacial score (nSPS) is 15.7. The molecule has 3 rings (SSSR count). The molecule has 116 valence electrons.